The lowest BCUT2D eigenvalue weighted by Crippen LogP contribution is -2.66. The minimum atomic E-state index is -0.693. The lowest BCUT2D eigenvalue weighted by molar-refractivity contribution is -0.121. The summed E-state index contributed by atoms with van der Waals surface area (Å²) in [5, 5.41) is 17.7. The third-order valence-electron chi connectivity index (χ3n) is 5.86. The highest BCUT2D eigenvalue weighted by Crippen LogP contribution is 2.38. The van der Waals surface area contributed by atoms with Crippen LogP contribution in [0.5, 0.6) is 0 Å². The van der Waals surface area contributed by atoms with E-state index >= 15 is 0 Å². The van der Waals surface area contributed by atoms with Gasteiger partial charge in [-0.2, -0.15) is 5.10 Å². The number of amides is 1. The topological polar surface area (TPSA) is 92.5 Å². The van der Waals surface area contributed by atoms with Crippen molar-refractivity contribution in [2.45, 2.75) is 43.8 Å². The predicted molar refractivity (Wildman–Crippen MR) is 107 cm³/mol. The molecule has 2 N–H and O–H groups in total. The second-order valence-corrected chi connectivity index (χ2v) is 8.23. The number of morpholine rings is 1. The Morgan fingerprint density at radius 2 is 2.10 bits per heavy atom. The monoisotopic (exact) mass is 399 g/mol. The minimum absolute atomic E-state index is 0.114. The van der Waals surface area contributed by atoms with E-state index in [4.69, 9.17) is 4.74 Å². The molecule has 1 aliphatic heterocycles. The lowest BCUT2D eigenvalue weighted by atomic mass is 9.94. The Bertz CT molecular complexity index is 851. The van der Waals surface area contributed by atoms with E-state index < -0.39 is 5.54 Å². The van der Waals surface area contributed by atoms with Gasteiger partial charge in [-0.25, -0.2) is 9.67 Å². The number of aliphatic hydroxyl groups excluding tert-OH is 1. The number of nitrogens with zero attached hydrogens (tertiary/aromatic N) is 4. The van der Waals surface area contributed by atoms with E-state index in [9.17, 15) is 9.90 Å². The quantitative estimate of drug-likeness (QED) is 0.724. The molecule has 1 saturated heterocycles. The molecule has 0 bridgehead atoms. The molecule has 2 aromatic rings. The molecule has 1 amide bonds. The van der Waals surface area contributed by atoms with Crippen LogP contribution in [0.2, 0.25) is 0 Å². The number of aryl methyl sites for hydroxylation is 1. The lowest BCUT2D eigenvalue weighted by Gasteiger charge is -2.49. The van der Waals surface area contributed by atoms with Crippen molar-refractivity contribution < 1.29 is 14.6 Å². The van der Waals surface area contributed by atoms with Crippen LogP contribution in [0.3, 0.4) is 0 Å². The first-order chi connectivity index (χ1) is 14.0. The molecular formula is C21H29N5O3. The van der Waals surface area contributed by atoms with Gasteiger partial charge in [-0.1, -0.05) is 30.3 Å². The summed E-state index contributed by atoms with van der Waals surface area (Å²) >= 11 is 0. The van der Waals surface area contributed by atoms with Crippen molar-refractivity contribution in [3.63, 3.8) is 0 Å². The highest BCUT2D eigenvalue weighted by atomic mass is 16.5. The highest BCUT2D eigenvalue weighted by Gasteiger charge is 2.43. The Morgan fingerprint density at radius 1 is 1.34 bits per heavy atom. The number of carbonyl (C=O) groups is 1. The first-order valence-corrected chi connectivity index (χ1v) is 10.2. The van der Waals surface area contributed by atoms with Crippen molar-refractivity contribution in [2.24, 2.45) is 7.05 Å². The Balaban J connectivity index is 1.49. The zero-order valence-corrected chi connectivity index (χ0v) is 17.0. The van der Waals surface area contributed by atoms with Crippen molar-refractivity contribution in [2.75, 3.05) is 26.4 Å². The van der Waals surface area contributed by atoms with Crippen LogP contribution < -0.4 is 5.32 Å². The van der Waals surface area contributed by atoms with Crippen LogP contribution in [-0.4, -0.2) is 68.6 Å². The van der Waals surface area contributed by atoms with E-state index in [0.717, 1.165) is 24.2 Å². The van der Waals surface area contributed by atoms with Gasteiger partial charge in [0.15, 0.2) is 5.82 Å². The molecule has 2 atom stereocenters. The summed E-state index contributed by atoms with van der Waals surface area (Å²) in [6, 6.07) is 10.3. The third kappa shape index (κ3) is 4.19. The average molecular weight is 399 g/mol. The van der Waals surface area contributed by atoms with E-state index in [-0.39, 0.29) is 25.1 Å². The Hall–Kier alpha value is -2.29. The van der Waals surface area contributed by atoms with Crippen molar-refractivity contribution in [1.29, 1.82) is 0 Å². The van der Waals surface area contributed by atoms with E-state index in [1.807, 2.05) is 18.2 Å². The van der Waals surface area contributed by atoms with Crippen LogP contribution in [0.4, 0.5) is 0 Å². The number of hydrogen-bond acceptors (Lipinski definition) is 6. The van der Waals surface area contributed by atoms with E-state index in [1.165, 1.54) is 4.68 Å². The molecule has 8 nitrogen and oxygen atoms in total. The van der Waals surface area contributed by atoms with Gasteiger partial charge in [0.05, 0.1) is 25.4 Å². The van der Waals surface area contributed by atoms with Crippen LogP contribution in [0, 0.1) is 0 Å². The average Bonchev–Trinajstić information content (AvgIpc) is 3.51. The molecule has 156 valence electrons. The summed E-state index contributed by atoms with van der Waals surface area (Å²) in [5.74, 6) is 1.16. The maximum absolute atomic E-state index is 12.8. The number of rotatable bonds is 7. The van der Waals surface area contributed by atoms with Crippen LogP contribution in [-0.2, 0) is 18.3 Å². The standard InChI is InChI=1S/C21H29N5O3/c1-15-11-29-14-21(13-27,26(15)10-16-6-4-3-5-7-16)12-22-20(28)19-23-18(17-8-9-17)24-25(19)2/h3-7,15,17,27H,8-14H2,1-2H3,(H,22,28)/t15-,21+/m1/s1. The fourth-order valence-electron chi connectivity index (χ4n) is 3.95. The van der Waals surface area contributed by atoms with E-state index in [2.05, 4.69) is 39.4 Å². The van der Waals surface area contributed by atoms with Gasteiger partial charge in [0, 0.05) is 32.1 Å². The molecule has 4 rings (SSSR count). The molecular weight excluding hydrogens is 370 g/mol. The number of aromatic nitrogens is 3. The van der Waals surface area contributed by atoms with Crippen molar-refractivity contribution >= 4 is 5.91 Å². The normalized spacial score (nSPS) is 25.1. The van der Waals surface area contributed by atoms with Gasteiger partial charge in [-0.05, 0) is 25.3 Å². The van der Waals surface area contributed by atoms with Gasteiger partial charge < -0.3 is 15.2 Å². The number of benzene rings is 1. The molecule has 2 heterocycles. The fourth-order valence-corrected chi connectivity index (χ4v) is 3.95. The molecule has 2 fully saturated rings. The molecule has 29 heavy (non-hydrogen) atoms. The summed E-state index contributed by atoms with van der Waals surface area (Å²) in [7, 11) is 1.74. The fraction of sp³-hybridized carbons (Fsp3) is 0.571. The molecule has 1 aromatic carbocycles. The number of aliphatic hydroxyl groups is 1. The molecule has 0 spiro atoms. The first-order valence-electron chi connectivity index (χ1n) is 10.2. The van der Waals surface area contributed by atoms with Gasteiger partial charge >= 0.3 is 0 Å². The maximum atomic E-state index is 12.8. The second kappa shape index (κ2) is 8.22. The summed E-state index contributed by atoms with van der Waals surface area (Å²) in [4.78, 5) is 19.4. The van der Waals surface area contributed by atoms with Crippen LogP contribution in [0.15, 0.2) is 30.3 Å². The number of carbonyl (C=O) groups excluding carboxylic acids is 1. The Labute approximate surface area is 170 Å². The SMILES string of the molecule is C[C@@H]1COC[C@@](CO)(CNC(=O)c2nc(C3CC3)nn2C)N1Cc1ccccc1. The first kappa shape index (κ1) is 20.0. The minimum Gasteiger partial charge on any atom is -0.394 e. The smallest absolute Gasteiger partial charge is 0.288 e. The zero-order chi connectivity index (χ0) is 20.4. The summed E-state index contributed by atoms with van der Waals surface area (Å²) < 4.78 is 7.31. The Morgan fingerprint density at radius 3 is 2.79 bits per heavy atom. The molecule has 2 aliphatic rings. The van der Waals surface area contributed by atoms with Crippen LogP contribution >= 0.6 is 0 Å². The van der Waals surface area contributed by atoms with Crippen molar-refractivity contribution in [3.8, 4) is 0 Å². The van der Waals surface area contributed by atoms with Gasteiger partial charge in [-0.3, -0.25) is 9.69 Å². The number of nitrogens with one attached hydrogen (secondary N) is 1. The molecule has 0 radical (unpaired) electrons. The summed E-state index contributed by atoms with van der Waals surface area (Å²) in [6.45, 7) is 3.86. The maximum Gasteiger partial charge on any atom is 0.288 e. The summed E-state index contributed by atoms with van der Waals surface area (Å²) in [5.41, 5.74) is 0.467. The molecule has 8 heteroatoms. The van der Waals surface area contributed by atoms with Gasteiger partial charge in [0.25, 0.3) is 5.91 Å². The van der Waals surface area contributed by atoms with Crippen molar-refractivity contribution in [1.82, 2.24) is 25.0 Å². The highest BCUT2D eigenvalue weighted by molar-refractivity contribution is 5.90. The summed E-state index contributed by atoms with van der Waals surface area (Å²) in [6.07, 6.45) is 2.17. The van der Waals surface area contributed by atoms with E-state index in [0.29, 0.717) is 31.5 Å². The predicted octanol–water partition coefficient (Wildman–Crippen LogP) is 1.07. The molecule has 0 unspecified atom stereocenters. The largest absolute Gasteiger partial charge is 0.394 e. The third-order valence-corrected chi connectivity index (χ3v) is 5.86. The van der Waals surface area contributed by atoms with Gasteiger partial charge in [0.2, 0.25) is 5.82 Å². The van der Waals surface area contributed by atoms with Crippen LogP contribution in [0.1, 0.15) is 47.7 Å². The van der Waals surface area contributed by atoms with Crippen molar-refractivity contribution in [3.05, 3.63) is 47.5 Å². The number of ether oxygens (including phenoxy) is 1. The second-order valence-electron chi connectivity index (χ2n) is 8.23. The van der Waals surface area contributed by atoms with Crippen LogP contribution in [0.25, 0.3) is 0 Å². The van der Waals surface area contributed by atoms with Gasteiger partial charge in [-0.15, -0.1) is 0 Å². The Kier molecular flexibility index (Phi) is 5.67. The number of hydrogen-bond donors (Lipinski definition) is 2. The molecule has 1 aromatic heterocycles. The van der Waals surface area contributed by atoms with E-state index in [1.54, 1.807) is 7.05 Å². The molecule has 1 aliphatic carbocycles. The zero-order valence-electron chi connectivity index (χ0n) is 17.0. The van der Waals surface area contributed by atoms with Gasteiger partial charge in [0.1, 0.15) is 0 Å². The molecule has 1 saturated carbocycles.